The van der Waals surface area contributed by atoms with Crippen molar-refractivity contribution in [1.29, 1.82) is 0 Å². The number of nitrogens with zero attached hydrogens (tertiary/aromatic N) is 2. The summed E-state index contributed by atoms with van der Waals surface area (Å²) in [6.45, 7) is 2.55. The molecular formula is C10H14N4O2. The molecule has 0 saturated carbocycles. The fraction of sp³-hybridized carbons (Fsp3) is 0.400. The molecule has 1 fully saturated rings. The van der Waals surface area contributed by atoms with Crippen LogP contribution in [0.2, 0.25) is 0 Å². The largest absolute Gasteiger partial charge is 0.269 e. The Morgan fingerprint density at radius 3 is 3.06 bits per heavy atom. The minimum absolute atomic E-state index is 0.141. The molecule has 1 aromatic carbocycles. The van der Waals surface area contributed by atoms with Crippen molar-refractivity contribution in [2.45, 2.75) is 13.0 Å². The van der Waals surface area contributed by atoms with Crippen molar-refractivity contribution in [2.24, 2.45) is 0 Å². The predicted octanol–water partition coefficient (Wildman–Crippen LogP) is 0.810. The first-order valence-electron chi connectivity index (χ1n) is 5.22. The molecule has 2 N–H and O–H groups in total. The van der Waals surface area contributed by atoms with E-state index in [2.05, 4.69) is 11.0 Å². The van der Waals surface area contributed by atoms with Gasteiger partial charge in [-0.25, -0.2) is 10.4 Å². The van der Waals surface area contributed by atoms with Crippen LogP contribution >= 0.6 is 0 Å². The molecule has 1 heterocycles. The van der Waals surface area contributed by atoms with Gasteiger partial charge in [-0.2, -0.15) is 5.53 Å². The number of hydrazine groups is 2. The molecule has 0 radical (unpaired) electrons. The van der Waals surface area contributed by atoms with E-state index in [0.29, 0.717) is 6.54 Å². The van der Waals surface area contributed by atoms with E-state index in [1.165, 1.54) is 6.07 Å². The van der Waals surface area contributed by atoms with E-state index in [9.17, 15) is 10.1 Å². The summed E-state index contributed by atoms with van der Waals surface area (Å²) in [5.41, 5.74) is 7.14. The lowest BCUT2D eigenvalue weighted by Crippen LogP contribution is -2.52. The Hall–Kier alpha value is -1.50. The lowest BCUT2D eigenvalue weighted by Gasteiger charge is -2.27. The highest BCUT2D eigenvalue weighted by Crippen LogP contribution is 2.14. The average Bonchev–Trinajstić information content (AvgIpc) is 2.30. The van der Waals surface area contributed by atoms with E-state index in [0.717, 1.165) is 25.1 Å². The molecule has 0 aliphatic carbocycles. The summed E-state index contributed by atoms with van der Waals surface area (Å²) in [6.07, 6.45) is 1.07. The molecule has 1 aliphatic heterocycles. The zero-order valence-electron chi connectivity index (χ0n) is 8.85. The summed E-state index contributed by atoms with van der Waals surface area (Å²) in [5, 5.41) is 12.6. The highest BCUT2D eigenvalue weighted by molar-refractivity contribution is 5.34. The highest BCUT2D eigenvalue weighted by atomic mass is 16.6. The number of benzene rings is 1. The Bertz CT molecular complexity index is 377. The number of nitro groups is 1. The Balaban J connectivity index is 2.02. The van der Waals surface area contributed by atoms with Crippen LogP contribution in [0.3, 0.4) is 0 Å². The van der Waals surface area contributed by atoms with Crippen LogP contribution in [0.25, 0.3) is 0 Å². The standard InChI is InChI=1S/C10H14N4O2/c15-14(16)10-4-1-3-9(7-10)8-13-6-2-5-11-12-13/h1,3-4,7,11-12H,2,5-6,8H2. The molecule has 0 unspecified atom stereocenters. The zero-order valence-corrected chi connectivity index (χ0v) is 8.85. The molecule has 16 heavy (non-hydrogen) atoms. The van der Waals surface area contributed by atoms with Crippen LogP contribution in [-0.4, -0.2) is 23.0 Å². The van der Waals surface area contributed by atoms with Gasteiger partial charge in [-0.1, -0.05) is 12.1 Å². The van der Waals surface area contributed by atoms with Crippen molar-refractivity contribution in [3.8, 4) is 0 Å². The maximum absolute atomic E-state index is 10.6. The lowest BCUT2D eigenvalue weighted by atomic mass is 10.2. The molecule has 6 nitrogen and oxygen atoms in total. The maximum atomic E-state index is 10.6. The molecule has 1 aromatic rings. The molecule has 1 aliphatic rings. The Kier molecular flexibility index (Phi) is 3.45. The number of hydrogen-bond acceptors (Lipinski definition) is 5. The number of nitrogens with one attached hydrogen (secondary N) is 2. The third-order valence-electron chi connectivity index (χ3n) is 2.46. The van der Waals surface area contributed by atoms with Crippen molar-refractivity contribution < 1.29 is 4.92 Å². The van der Waals surface area contributed by atoms with Gasteiger partial charge < -0.3 is 0 Å². The summed E-state index contributed by atoms with van der Waals surface area (Å²) in [4.78, 5) is 10.2. The van der Waals surface area contributed by atoms with Crippen molar-refractivity contribution in [2.75, 3.05) is 13.1 Å². The zero-order chi connectivity index (χ0) is 11.4. The second-order valence-corrected chi connectivity index (χ2v) is 3.74. The second-order valence-electron chi connectivity index (χ2n) is 3.74. The van der Waals surface area contributed by atoms with Gasteiger partial charge in [0.1, 0.15) is 0 Å². The minimum atomic E-state index is -0.370. The van der Waals surface area contributed by atoms with Gasteiger partial charge in [0.25, 0.3) is 5.69 Å². The normalized spacial score (nSPS) is 17.2. The first-order chi connectivity index (χ1) is 7.75. The van der Waals surface area contributed by atoms with Crippen molar-refractivity contribution in [1.82, 2.24) is 16.0 Å². The highest BCUT2D eigenvalue weighted by Gasteiger charge is 2.11. The lowest BCUT2D eigenvalue weighted by molar-refractivity contribution is -0.384. The third kappa shape index (κ3) is 2.75. The molecule has 1 saturated heterocycles. The van der Waals surface area contributed by atoms with Crippen LogP contribution < -0.4 is 11.0 Å². The Morgan fingerprint density at radius 2 is 2.38 bits per heavy atom. The number of rotatable bonds is 3. The van der Waals surface area contributed by atoms with E-state index in [1.54, 1.807) is 12.1 Å². The molecule has 0 aromatic heterocycles. The molecule has 86 valence electrons. The Labute approximate surface area is 93.3 Å². The van der Waals surface area contributed by atoms with Crippen LogP contribution in [0.4, 0.5) is 5.69 Å². The van der Waals surface area contributed by atoms with Crippen molar-refractivity contribution in [3.05, 3.63) is 39.9 Å². The smallest absolute Gasteiger partial charge is 0.258 e. The summed E-state index contributed by atoms with van der Waals surface area (Å²) < 4.78 is 0. The molecule has 0 amide bonds. The summed E-state index contributed by atoms with van der Waals surface area (Å²) in [7, 11) is 0. The van der Waals surface area contributed by atoms with E-state index in [-0.39, 0.29) is 10.6 Å². The van der Waals surface area contributed by atoms with Crippen LogP contribution in [0.5, 0.6) is 0 Å². The van der Waals surface area contributed by atoms with E-state index in [4.69, 9.17) is 0 Å². The van der Waals surface area contributed by atoms with Gasteiger partial charge in [0.15, 0.2) is 0 Å². The summed E-state index contributed by atoms with van der Waals surface area (Å²) in [5.74, 6) is 0. The van der Waals surface area contributed by atoms with Crippen LogP contribution in [0.15, 0.2) is 24.3 Å². The predicted molar refractivity (Wildman–Crippen MR) is 59.3 cm³/mol. The van der Waals surface area contributed by atoms with Crippen molar-refractivity contribution >= 4 is 5.69 Å². The average molecular weight is 222 g/mol. The monoisotopic (exact) mass is 222 g/mol. The number of nitro benzene ring substituents is 1. The third-order valence-corrected chi connectivity index (χ3v) is 2.46. The second kappa shape index (κ2) is 5.02. The molecule has 0 bridgehead atoms. The fourth-order valence-electron chi connectivity index (χ4n) is 1.69. The van der Waals surface area contributed by atoms with Crippen LogP contribution in [-0.2, 0) is 6.54 Å². The summed E-state index contributed by atoms with van der Waals surface area (Å²) in [6, 6.07) is 6.72. The maximum Gasteiger partial charge on any atom is 0.269 e. The molecule has 6 heteroatoms. The van der Waals surface area contributed by atoms with Crippen LogP contribution in [0, 0.1) is 10.1 Å². The van der Waals surface area contributed by atoms with Gasteiger partial charge in [-0.05, 0) is 12.0 Å². The first-order valence-corrected chi connectivity index (χ1v) is 5.22. The fourth-order valence-corrected chi connectivity index (χ4v) is 1.69. The Morgan fingerprint density at radius 1 is 1.50 bits per heavy atom. The molecular weight excluding hydrogens is 208 g/mol. The summed E-state index contributed by atoms with van der Waals surface area (Å²) >= 11 is 0. The quantitative estimate of drug-likeness (QED) is 0.585. The van der Waals surface area contributed by atoms with E-state index in [1.807, 2.05) is 11.1 Å². The van der Waals surface area contributed by atoms with Gasteiger partial charge in [0, 0.05) is 31.8 Å². The van der Waals surface area contributed by atoms with E-state index < -0.39 is 0 Å². The van der Waals surface area contributed by atoms with E-state index >= 15 is 0 Å². The van der Waals surface area contributed by atoms with Crippen molar-refractivity contribution in [3.63, 3.8) is 0 Å². The van der Waals surface area contributed by atoms with Gasteiger partial charge in [-0.3, -0.25) is 10.1 Å². The topological polar surface area (TPSA) is 70.4 Å². The van der Waals surface area contributed by atoms with Crippen LogP contribution in [0.1, 0.15) is 12.0 Å². The molecule has 2 rings (SSSR count). The van der Waals surface area contributed by atoms with Gasteiger partial charge in [0.05, 0.1) is 4.92 Å². The first kappa shape index (κ1) is 11.0. The molecule has 0 spiro atoms. The van der Waals surface area contributed by atoms with Gasteiger partial charge in [0.2, 0.25) is 0 Å². The van der Waals surface area contributed by atoms with Gasteiger partial charge >= 0.3 is 0 Å². The number of non-ortho nitro benzene ring substituents is 1. The minimum Gasteiger partial charge on any atom is -0.258 e. The van der Waals surface area contributed by atoms with Gasteiger partial charge in [-0.15, -0.1) is 0 Å². The molecule has 0 atom stereocenters. The SMILES string of the molecule is O=[N+]([O-])c1cccc(CN2CCCNN2)c1. The number of hydrogen-bond donors (Lipinski definition) is 2.